The van der Waals surface area contributed by atoms with Crippen molar-refractivity contribution in [3.8, 4) is 5.75 Å². The lowest BCUT2D eigenvalue weighted by Crippen LogP contribution is -2.35. The number of methoxy groups -OCH3 is 1. The number of hydrogen-bond acceptors (Lipinski definition) is 2. The average Bonchev–Trinajstić information content (AvgIpc) is 2.47. The summed E-state index contributed by atoms with van der Waals surface area (Å²) in [6.45, 7) is 7.89. The fourth-order valence-corrected chi connectivity index (χ4v) is 3.22. The summed E-state index contributed by atoms with van der Waals surface area (Å²) in [4.78, 5) is 0. The molecule has 0 bridgehead atoms. The Morgan fingerprint density at radius 2 is 2.10 bits per heavy atom. The Kier molecular flexibility index (Phi) is 5.47. The second-order valence-corrected chi connectivity index (χ2v) is 6.24. The van der Waals surface area contributed by atoms with Gasteiger partial charge in [0, 0.05) is 6.04 Å². The summed E-state index contributed by atoms with van der Waals surface area (Å²) in [6, 6.07) is 5.36. The average molecular weight is 275 g/mol. The molecule has 1 heterocycles. The van der Waals surface area contributed by atoms with Crippen molar-refractivity contribution in [1.29, 1.82) is 0 Å². The summed E-state index contributed by atoms with van der Waals surface area (Å²) < 4.78 is 5.66. The van der Waals surface area contributed by atoms with E-state index >= 15 is 0 Å². The molecule has 20 heavy (non-hydrogen) atoms. The Morgan fingerprint density at radius 3 is 2.65 bits per heavy atom. The summed E-state index contributed by atoms with van der Waals surface area (Å²) in [5, 5.41) is 3.65. The molecule has 1 N–H and O–H groups in total. The van der Waals surface area contributed by atoms with Crippen LogP contribution in [0.2, 0.25) is 0 Å². The highest BCUT2D eigenvalue weighted by Crippen LogP contribution is 2.32. The lowest BCUT2D eigenvalue weighted by Gasteiger charge is -2.25. The molecule has 1 aromatic carbocycles. The fraction of sp³-hybridized carbons (Fsp3) is 0.667. The molecular formula is C18H29NO. The van der Waals surface area contributed by atoms with E-state index in [0.29, 0.717) is 12.0 Å². The highest BCUT2D eigenvalue weighted by atomic mass is 16.5. The van der Waals surface area contributed by atoms with Crippen LogP contribution in [0.3, 0.4) is 0 Å². The fourth-order valence-electron chi connectivity index (χ4n) is 3.22. The van der Waals surface area contributed by atoms with Gasteiger partial charge in [0.25, 0.3) is 0 Å². The molecule has 0 amide bonds. The lowest BCUT2D eigenvalue weighted by atomic mass is 9.91. The summed E-state index contributed by atoms with van der Waals surface area (Å²) >= 11 is 0. The maximum absolute atomic E-state index is 5.66. The molecule has 2 heteroatoms. The van der Waals surface area contributed by atoms with E-state index in [1.165, 1.54) is 42.5 Å². The normalized spacial score (nSPS) is 19.4. The quantitative estimate of drug-likeness (QED) is 0.874. The van der Waals surface area contributed by atoms with Crippen molar-refractivity contribution in [2.24, 2.45) is 0 Å². The zero-order valence-electron chi connectivity index (χ0n) is 13.5. The number of hydrogen-bond donors (Lipinski definition) is 1. The van der Waals surface area contributed by atoms with Gasteiger partial charge in [0.2, 0.25) is 0 Å². The predicted molar refractivity (Wildman–Crippen MR) is 85.8 cm³/mol. The van der Waals surface area contributed by atoms with Crippen LogP contribution in [0, 0.1) is 0 Å². The number of ether oxygens (including phenoxy) is 1. The van der Waals surface area contributed by atoms with Gasteiger partial charge in [-0.25, -0.2) is 0 Å². The van der Waals surface area contributed by atoms with Gasteiger partial charge in [0.1, 0.15) is 5.75 Å². The molecule has 1 fully saturated rings. The Labute approximate surface area is 123 Å². The van der Waals surface area contributed by atoms with Crippen LogP contribution in [0.5, 0.6) is 5.75 Å². The summed E-state index contributed by atoms with van der Waals surface area (Å²) in [5.41, 5.74) is 4.17. The zero-order valence-corrected chi connectivity index (χ0v) is 13.5. The molecule has 0 saturated carbocycles. The third-order valence-corrected chi connectivity index (χ3v) is 4.36. The second-order valence-electron chi connectivity index (χ2n) is 6.24. The molecule has 1 saturated heterocycles. The number of aryl methyl sites for hydroxylation is 1. The van der Waals surface area contributed by atoms with E-state index in [1.807, 2.05) is 0 Å². The maximum atomic E-state index is 5.66. The SMILES string of the molecule is CCc1cc(CC2CCCCN2)cc(C(C)C)c1OC. The van der Waals surface area contributed by atoms with Crippen molar-refractivity contribution >= 4 is 0 Å². The lowest BCUT2D eigenvalue weighted by molar-refractivity contribution is 0.395. The van der Waals surface area contributed by atoms with E-state index in [2.05, 4.69) is 38.2 Å². The van der Waals surface area contributed by atoms with Gasteiger partial charge in [-0.1, -0.05) is 39.3 Å². The van der Waals surface area contributed by atoms with Gasteiger partial charge in [-0.05, 0) is 54.8 Å². The molecule has 2 rings (SSSR count). The number of nitrogens with one attached hydrogen (secondary N) is 1. The Hall–Kier alpha value is -1.02. The van der Waals surface area contributed by atoms with Crippen LogP contribution >= 0.6 is 0 Å². The third-order valence-electron chi connectivity index (χ3n) is 4.36. The van der Waals surface area contributed by atoms with Gasteiger partial charge in [0.05, 0.1) is 7.11 Å². The van der Waals surface area contributed by atoms with Crippen molar-refractivity contribution in [1.82, 2.24) is 5.32 Å². The first-order chi connectivity index (χ1) is 9.65. The molecule has 2 nitrogen and oxygen atoms in total. The third kappa shape index (κ3) is 3.54. The van der Waals surface area contributed by atoms with Crippen LogP contribution in [0.4, 0.5) is 0 Å². The molecular weight excluding hydrogens is 246 g/mol. The molecule has 0 spiro atoms. The molecule has 1 atom stereocenters. The van der Waals surface area contributed by atoms with Crippen molar-refractivity contribution in [3.05, 3.63) is 28.8 Å². The minimum absolute atomic E-state index is 0.509. The van der Waals surface area contributed by atoms with Crippen LogP contribution in [0.1, 0.15) is 62.6 Å². The van der Waals surface area contributed by atoms with Crippen molar-refractivity contribution in [2.45, 2.75) is 64.8 Å². The molecule has 0 aromatic heterocycles. The number of rotatable bonds is 5. The molecule has 0 radical (unpaired) electrons. The van der Waals surface area contributed by atoms with Crippen LogP contribution in [0.25, 0.3) is 0 Å². The standard InChI is InChI=1S/C18H29NO/c1-5-15-10-14(11-16-8-6-7-9-19-16)12-17(13(2)3)18(15)20-4/h10,12-13,16,19H,5-9,11H2,1-4H3. The zero-order chi connectivity index (χ0) is 14.5. The van der Waals surface area contributed by atoms with Crippen molar-refractivity contribution < 1.29 is 4.74 Å². The summed E-state index contributed by atoms with van der Waals surface area (Å²) in [6.07, 6.45) is 6.19. The number of benzene rings is 1. The van der Waals surface area contributed by atoms with E-state index < -0.39 is 0 Å². The molecule has 0 aliphatic carbocycles. The largest absolute Gasteiger partial charge is 0.496 e. The van der Waals surface area contributed by atoms with Crippen molar-refractivity contribution in [2.75, 3.05) is 13.7 Å². The molecule has 112 valence electrons. The smallest absolute Gasteiger partial charge is 0.125 e. The van der Waals surface area contributed by atoms with E-state index in [0.717, 1.165) is 18.6 Å². The van der Waals surface area contributed by atoms with Gasteiger partial charge >= 0.3 is 0 Å². The molecule has 1 unspecified atom stereocenters. The Bertz CT molecular complexity index is 433. The van der Waals surface area contributed by atoms with E-state index in [-0.39, 0.29) is 0 Å². The van der Waals surface area contributed by atoms with Crippen LogP contribution < -0.4 is 10.1 Å². The van der Waals surface area contributed by atoms with E-state index in [1.54, 1.807) is 7.11 Å². The monoisotopic (exact) mass is 275 g/mol. The first-order valence-electron chi connectivity index (χ1n) is 8.08. The minimum Gasteiger partial charge on any atom is -0.496 e. The summed E-state index contributed by atoms with van der Waals surface area (Å²) in [5.74, 6) is 1.61. The van der Waals surface area contributed by atoms with E-state index in [9.17, 15) is 0 Å². The Morgan fingerprint density at radius 1 is 1.30 bits per heavy atom. The van der Waals surface area contributed by atoms with Crippen LogP contribution in [0.15, 0.2) is 12.1 Å². The van der Waals surface area contributed by atoms with Crippen LogP contribution in [-0.2, 0) is 12.8 Å². The second kappa shape index (κ2) is 7.12. The van der Waals surface area contributed by atoms with Gasteiger partial charge in [0.15, 0.2) is 0 Å². The van der Waals surface area contributed by atoms with Gasteiger partial charge < -0.3 is 10.1 Å². The minimum atomic E-state index is 0.509. The topological polar surface area (TPSA) is 21.3 Å². The molecule has 1 aliphatic rings. The first kappa shape index (κ1) is 15.4. The number of piperidine rings is 1. The van der Waals surface area contributed by atoms with Gasteiger partial charge in [-0.15, -0.1) is 0 Å². The van der Waals surface area contributed by atoms with E-state index in [4.69, 9.17) is 4.74 Å². The molecule has 1 aromatic rings. The predicted octanol–water partition coefficient (Wildman–Crippen LogP) is 4.07. The Balaban J connectivity index is 2.26. The summed E-state index contributed by atoms with van der Waals surface area (Å²) in [7, 11) is 1.79. The molecule has 1 aliphatic heterocycles. The highest BCUT2D eigenvalue weighted by molar-refractivity contribution is 5.46. The van der Waals surface area contributed by atoms with Crippen LogP contribution in [-0.4, -0.2) is 19.7 Å². The van der Waals surface area contributed by atoms with Gasteiger partial charge in [-0.3, -0.25) is 0 Å². The van der Waals surface area contributed by atoms with Gasteiger partial charge in [-0.2, -0.15) is 0 Å². The van der Waals surface area contributed by atoms with Crippen molar-refractivity contribution in [3.63, 3.8) is 0 Å². The first-order valence-corrected chi connectivity index (χ1v) is 8.08. The maximum Gasteiger partial charge on any atom is 0.125 e. The highest BCUT2D eigenvalue weighted by Gasteiger charge is 2.17.